The van der Waals surface area contributed by atoms with Crippen molar-refractivity contribution in [3.05, 3.63) is 0 Å². The van der Waals surface area contributed by atoms with Gasteiger partial charge in [-0.05, 0) is 0 Å². The normalized spacial score (nSPS) is 8.73. The molecule has 15 heavy (non-hydrogen) atoms. The predicted molar refractivity (Wildman–Crippen MR) is 52.3 cm³/mol. The van der Waals surface area contributed by atoms with Crippen LogP contribution in [0, 0.1) is 0 Å². The molecule has 0 fully saturated rings. The number of carboxylic acids is 1. The van der Waals surface area contributed by atoms with Gasteiger partial charge in [0.25, 0.3) is 5.97 Å². The number of aliphatic carboxylic acids is 1. The third kappa shape index (κ3) is 19.2. The first kappa shape index (κ1) is 16.1. The molecule has 0 aliphatic heterocycles. The summed E-state index contributed by atoms with van der Waals surface area (Å²) in [5.74, 6) is -1.29. The number of carbonyl (C=O) groups is 3. The van der Waals surface area contributed by atoms with E-state index in [1.165, 1.54) is 0 Å². The first-order chi connectivity index (χ1) is 6.93. The van der Waals surface area contributed by atoms with Gasteiger partial charge in [-0.25, -0.2) is 0 Å². The molecule has 0 spiro atoms. The Bertz CT molecular complexity index is 197. The summed E-state index contributed by atoms with van der Waals surface area (Å²) in [6, 6.07) is 0. The molecule has 0 radical (unpaired) electrons. The Hall–Kier alpha value is -1.31. The second-order valence-electron chi connectivity index (χ2n) is 2.50. The summed E-state index contributed by atoms with van der Waals surface area (Å²) in [6.07, 6.45) is 0. The second-order valence-corrected chi connectivity index (χ2v) is 2.50. The smallest absolute Gasteiger partial charge is 0.300 e. The number of rotatable bonds is 6. The number of ketones is 2. The van der Waals surface area contributed by atoms with Gasteiger partial charge in [0.1, 0.15) is 13.2 Å². The van der Waals surface area contributed by atoms with Crippen molar-refractivity contribution in [1.82, 2.24) is 0 Å². The Kier molecular flexibility index (Phi) is 11.6. The van der Waals surface area contributed by atoms with Crippen molar-refractivity contribution < 1.29 is 24.2 Å². The van der Waals surface area contributed by atoms with Gasteiger partial charge in [0.15, 0.2) is 11.6 Å². The molecule has 0 rings (SSSR count). The Morgan fingerprint density at radius 3 is 1.53 bits per heavy atom. The molecule has 0 heterocycles. The number of hydrogen-bond acceptors (Lipinski definition) is 6. The largest absolute Gasteiger partial charge is 0.481 e. The van der Waals surface area contributed by atoms with Crippen LogP contribution < -0.4 is 11.5 Å². The minimum absolute atomic E-state index is 0.0587. The van der Waals surface area contributed by atoms with Crippen LogP contribution in [-0.2, 0) is 19.1 Å². The van der Waals surface area contributed by atoms with Crippen LogP contribution >= 0.6 is 0 Å². The lowest BCUT2D eigenvalue weighted by molar-refractivity contribution is -0.134. The van der Waals surface area contributed by atoms with E-state index in [2.05, 4.69) is 4.74 Å². The summed E-state index contributed by atoms with van der Waals surface area (Å²) >= 11 is 0. The maximum Gasteiger partial charge on any atom is 0.300 e. The quantitative estimate of drug-likeness (QED) is 0.478. The van der Waals surface area contributed by atoms with Crippen molar-refractivity contribution in [2.24, 2.45) is 11.5 Å². The molecule has 0 aromatic rings. The molecular weight excluding hydrogens is 204 g/mol. The molecule has 0 bridgehead atoms. The number of carboxylic acid groups (broad SMARTS) is 1. The third-order valence-electron chi connectivity index (χ3n) is 0.981. The van der Waals surface area contributed by atoms with Gasteiger partial charge in [0, 0.05) is 6.92 Å². The maximum absolute atomic E-state index is 10.5. The van der Waals surface area contributed by atoms with Gasteiger partial charge < -0.3 is 21.3 Å². The van der Waals surface area contributed by atoms with Gasteiger partial charge >= 0.3 is 0 Å². The van der Waals surface area contributed by atoms with E-state index < -0.39 is 5.97 Å². The van der Waals surface area contributed by atoms with Gasteiger partial charge in [0.2, 0.25) is 0 Å². The minimum Gasteiger partial charge on any atom is -0.481 e. The number of carbonyl (C=O) groups excluding carboxylic acids is 2. The second kappa shape index (κ2) is 10.8. The molecule has 7 heteroatoms. The fourth-order valence-corrected chi connectivity index (χ4v) is 0.397. The van der Waals surface area contributed by atoms with Crippen molar-refractivity contribution >= 4 is 17.5 Å². The van der Waals surface area contributed by atoms with Crippen molar-refractivity contribution in [2.45, 2.75) is 6.92 Å². The van der Waals surface area contributed by atoms with Crippen LogP contribution in [0.2, 0.25) is 0 Å². The molecule has 0 atom stereocenters. The van der Waals surface area contributed by atoms with Crippen LogP contribution in [0.25, 0.3) is 0 Å². The van der Waals surface area contributed by atoms with Crippen LogP contribution in [0.3, 0.4) is 0 Å². The molecule has 0 saturated carbocycles. The molecule has 5 N–H and O–H groups in total. The highest BCUT2D eigenvalue weighted by atomic mass is 16.5. The van der Waals surface area contributed by atoms with E-state index in [1.807, 2.05) is 0 Å². The summed E-state index contributed by atoms with van der Waals surface area (Å²) in [5, 5.41) is 7.42. The summed E-state index contributed by atoms with van der Waals surface area (Å²) in [7, 11) is 0. The lowest BCUT2D eigenvalue weighted by atomic mass is 10.4. The van der Waals surface area contributed by atoms with Crippen molar-refractivity contribution in [2.75, 3.05) is 26.3 Å². The lowest BCUT2D eigenvalue weighted by Crippen LogP contribution is -2.24. The van der Waals surface area contributed by atoms with Crippen molar-refractivity contribution in [1.29, 1.82) is 0 Å². The van der Waals surface area contributed by atoms with E-state index in [-0.39, 0.29) is 37.9 Å². The fourth-order valence-electron chi connectivity index (χ4n) is 0.397. The first-order valence-electron chi connectivity index (χ1n) is 4.14. The molecule has 0 aliphatic rings. The Morgan fingerprint density at radius 1 is 1.07 bits per heavy atom. The summed E-state index contributed by atoms with van der Waals surface area (Å²) < 4.78 is 4.68. The summed E-state index contributed by atoms with van der Waals surface area (Å²) in [6.45, 7) is 0.748. The van der Waals surface area contributed by atoms with Crippen LogP contribution in [0.1, 0.15) is 6.92 Å². The minimum atomic E-state index is -0.833. The van der Waals surface area contributed by atoms with E-state index in [4.69, 9.17) is 21.4 Å². The highest BCUT2D eigenvalue weighted by molar-refractivity contribution is 5.83. The average Bonchev–Trinajstić information content (AvgIpc) is 2.16. The molecule has 0 aliphatic carbocycles. The molecule has 88 valence electrons. The van der Waals surface area contributed by atoms with Crippen molar-refractivity contribution in [3.8, 4) is 0 Å². The summed E-state index contributed by atoms with van der Waals surface area (Å²) in [5.41, 5.74) is 9.96. The molecule has 0 saturated heterocycles. The standard InChI is InChI=1S/C6H12N2O3.C2H4O2/c7-1-5(9)3-11-4-6(10)2-8;1-2(3)4/h1-4,7-8H2;1H3,(H,3,4). The van der Waals surface area contributed by atoms with Crippen molar-refractivity contribution in [3.63, 3.8) is 0 Å². The molecular formula is C8H16N2O5. The number of hydrogen-bond donors (Lipinski definition) is 3. The third-order valence-corrected chi connectivity index (χ3v) is 0.981. The van der Waals surface area contributed by atoms with Gasteiger partial charge in [0.05, 0.1) is 13.1 Å². The molecule has 0 amide bonds. The summed E-state index contributed by atoms with van der Waals surface area (Å²) in [4.78, 5) is 30.0. The van der Waals surface area contributed by atoms with E-state index >= 15 is 0 Å². The van der Waals surface area contributed by atoms with Crippen LogP contribution in [0.15, 0.2) is 0 Å². The van der Waals surface area contributed by atoms with E-state index in [0.29, 0.717) is 0 Å². The molecule has 0 aromatic carbocycles. The number of nitrogens with two attached hydrogens (primary N) is 2. The maximum atomic E-state index is 10.5. The van der Waals surface area contributed by atoms with E-state index in [9.17, 15) is 9.59 Å². The number of ether oxygens (including phenoxy) is 1. The lowest BCUT2D eigenvalue weighted by Gasteiger charge is -1.98. The predicted octanol–water partition coefficient (Wildman–Crippen LogP) is -1.85. The van der Waals surface area contributed by atoms with E-state index in [0.717, 1.165) is 6.92 Å². The highest BCUT2D eigenvalue weighted by Gasteiger charge is 2.01. The van der Waals surface area contributed by atoms with Gasteiger partial charge in [-0.2, -0.15) is 0 Å². The zero-order valence-electron chi connectivity index (χ0n) is 8.56. The first-order valence-corrected chi connectivity index (χ1v) is 4.14. The van der Waals surface area contributed by atoms with Crippen LogP contribution in [0.4, 0.5) is 0 Å². The number of Topliss-reactive ketones (excluding diaryl/α,β-unsaturated/α-hetero) is 2. The Balaban J connectivity index is 0. The fraction of sp³-hybridized carbons (Fsp3) is 0.625. The zero-order valence-corrected chi connectivity index (χ0v) is 8.56. The monoisotopic (exact) mass is 220 g/mol. The molecule has 0 unspecified atom stereocenters. The SMILES string of the molecule is CC(=O)O.NCC(=O)COCC(=O)CN. The zero-order chi connectivity index (χ0) is 12.3. The Morgan fingerprint density at radius 2 is 1.33 bits per heavy atom. The van der Waals surface area contributed by atoms with Crippen LogP contribution in [0.5, 0.6) is 0 Å². The van der Waals surface area contributed by atoms with Gasteiger partial charge in [-0.1, -0.05) is 0 Å². The Labute approximate surface area is 87.4 Å². The molecule has 0 aromatic heterocycles. The average molecular weight is 220 g/mol. The van der Waals surface area contributed by atoms with Crippen LogP contribution in [-0.4, -0.2) is 48.9 Å². The highest BCUT2D eigenvalue weighted by Crippen LogP contribution is 1.76. The van der Waals surface area contributed by atoms with E-state index in [1.54, 1.807) is 0 Å². The van der Waals surface area contributed by atoms with Gasteiger partial charge in [-0.3, -0.25) is 14.4 Å². The van der Waals surface area contributed by atoms with Gasteiger partial charge in [-0.15, -0.1) is 0 Å². The topological polar surface area (TPSA) is 133 Å². The molecule has 7 nitrogen and oxygen atoms in total.